The van der Waals surface area contributed by atoms with Crippen molar-refractivity contribution in [2.75, 3.05) is 36.2 Å². The van der Waals surface area contributed by atoms with E-state index in [0.717, 1.165) is 17.7 Å². The van der Waals surface area contributed by atoms with Gasteiger partial charge in [-0.1, -0.05) is 13.3 Å². The van der Waals surface area contributed by atoms with E-state index in [-0.39, 0.29) is 12.2 Å². The summed E-state index contributed by atoms with van der Waals surface area (Å²) in [5.41, 5.74) is 0.688. The van der Waals surface area contributed by atoms with Gasteiger partial charge in [-0.2, -0.15) is 11.8 Å². The van der Waals surface area contributed by atoms with Gasteiger partial charge in [0, 0.05) is 49.0 Å². The van der Waals surface area contributed by atoms with Crippen LogP contribution in [0.25, 0.3) is 0 Å². The third-order valence-electron chi connectivity index (χ3n) is 4.89. The summed E-state index contributed by atoms with van der Waals surface area (Å²) in [5, 5.41) is 5.66. The summed E-state index contributed by atoms with van der Waals surface area (Å²) < 4.78 is 11.1. The first-order valence-corrected chi connectivity index (χ1v) is 12.6. The topological polar surface area (TPSA) is 114 Å². The number of rotatable bonds is 15. The predicted octanol–water partition coefficient (Wildman–Crippen LogP) is 2.26. The molecular weight excluding hydrogens is 458 g/mol. The van der Waals surface area contributed by atoms with E-state index in [9.17, 15) is 19.2 Å². The van der Waals surface area contributed by atoms with Crippen LogP contribution in [0.4, 0.5) is 5.69 Å². The average molecular weight is 492 g/mol. The highest BCUT2D eigenvalue weighted by Gasteiger charge is 2.26. The zero-order chi connectivity index (χ0) is 24.9. The molecule has 186 valence electrons. The van der Waals surface area contributed by atoms with Crippen LogP contribution in [0.3, 0.4) is 0 Å². The Hall–Kier alpha value is -2.69. The predicted molar refractivity (Wildman–Crippen MR) is 132 cm³/mol. The average Bonchev–Trinajstić information content (AvgIpc) is 3.16. The standard InChI is InChI=1S/C24H33N3O6S/c1-4-7-14-25-24(31)19(15-34-16-22(32-5-2)33-6-3)26-23(30)17-8-10-18(11-9-17)27-20(28)12-13-21(27)29/h8-13,19,22H,4-7,14-16H2,1-3H3,(H,25,31)(H,26,30). The molecule has 1 heterocycles. The van der Waals surface area contributed by atoms with Crippen LogP contribution in [0.2, 0.25) is 0 Å². The van der Waals surface area contributed by atoms with Gasteiger partial charge in [0.15, 0.2) is 6.29 Å². The Labute approximate surface area is 204 Å². The Morgan fingerprint density at radius 3 is 2.15 bits per heavy atom. The molecule has 2 N–H and O–H groups in total. The SMILES string of the molecule is CCCCNC(=O)C(CSCC(OCC)OCC)NC(=O)c1ccc(N2C(=O)C=CC2=O)cc1. The second-order valence-corrected chi connectivity index (χ2v) is 8.52. The summed E-state index contributed by atoms with van der Waals surface area (Å²) in [6.07, 6.45) is 3.81. The van der Waals surface area contributed by atoms with Crippen molar-refractivity contribution in [1.82, 2.24) is 10.6 Å². The van der Waals surface area contributed by atoms with Crippen molar-refractivity contribution in [3.8, 4) is 0 Å². The van der Waals surface area contributed by atoms with Crippen molar-refractivity contribution in [3.63, 3.8) is 0 Å². The number of unbranched alkanes of at least 4 members (excludes halogenated alkanes) is 1. The highest BCUT2D eigenvalue weighted by Crippen LogP contribution is 2.19. The zero-order valence-corrected chi connectivity index (χ0v) is 20.7. The molecule has 1 atom stereocenters. The fourth-order valence-corrected chi connectivity index (χ4v) is 4.14. The normalized spacial score (nSPS) is 14.1. The van der Waals surface area contributed by atoms with Gasteiger partial charge in [-0.3, -0.25) is 19.2 Å². The molecule has 0 spiro atoms. The maximum absolute atomic E-state index is 12.8. The molecular formula is C24H33N3O6S. The molecule has 9 nitrogen and oxygen atoms in total. The third-order valence-corrected chi connectivity index (χ3v) is 5.97. The molecule has 0 saturated carbocycles. The molecule has 2 rings (SSSR count). The van der Waals surface area contributed by atoms with Crippen LogP contribution >= 0.6 is 11.8 Å². The lowest BCUT2D eigenvalue weighted by Gasteiger charge is -2.21. The second kappa shape index (κ2) is 14.5. The summed E-state index contributed by atoms with van der Waals surface area (Å²) >= 11 is 1.46. The minimum absolute atomic E-state index is 0.255. The first kappa shape index (κ1) is 27.6. The first-order chi connectivity index (χ1) is 16.4. The number of imide groups is 1. The fraction of sp³-hybridized carbons (Fsp3) is 0.500. The van der Waals surface area contributed by atoms with Gasteiger partial charge < -0.3 is 20.1 Å². The molecule has 0 radical (unpaired) electrons. The molecule has 1 aromatic carbocycles. The van der Waals surface area contributed by atoms with Gasteiger partial charge in [0.2, 0.25) is 5.91 Å². The van der Waals surface area contributed by atoms with Gasteiger partial charge >= 0.3 is 0 Å². The number of ether oxygens (including phenoxy) is 2. The highest BCUT2D eigenvalue weighted by atomic mass is 32.2. The number of amides is 4. The molecule has 4 amide bonds. The number of thioether (sulfide) groups is 1. The Kier molecular flexibility index (Phi) is 11.8. The van der Waals surface area contributed by atoms with E-state index in [2.05, 4.69) is 10.6 Å². The molecule has 0 fully saturated rings. The van der Waals surface area contributed by atoms with Crippen molar-refractivity contribution >= 4 is 41.1 Å². The van der Waals surface area contributed by atoms with Gasteiger partial charge in [0.1, 0.15) is 6.04 Å². The van der Waals surface area contributed by atoms with Gasteiger partial charge in [-0.25, -0.2) is 4.90 Å². The van der Waals surface area contributed by atoms with Gasteiger partial charge in [0.25, 0.3) is 17.7 Å². The number of anilines is 1. The lowest BCUT2D eigenvalue weighted by Crippen LogP contribution is -2.48. The fourth-order valence-electron chi connectivity index (χ4n) is 3.15. The van der Waals surface area contributed by atoms with Crippen molar-refractivity contribution in [2.24, 2.45) is 0 Å². The summed E-state index contributed by atoms with van der Waals surface area (Å²) in [6, 6.07) is 5.34. The number of carbonyl (C=O) groups excluding carboxylic acids is 4. The quantitative estimate of drug-likeness (QED) is 0.220. The second-order valence-electron chi connectivity index (χ2n) is 7.44. The number of hydrogen-bond donors (Lipinski definition) is 2. The maximum atomic E-state index is 12.8. The Balaban J connectivity index is 2.02. The molecule has 1 aliphatic heterocycles. The summed E-state index contributed by atoms with van der Waals surface area (Å²) in [5.74, 6) is -0.667. The lowest BCUT2D eigenvalue weighted by molar-refractivity contribution is -0.123. The van der Waals surface area contributed by atoms with Crippen LogP contribution in [0.1, 0.15) is 44.0 Å². The largest absolute Gasteiger partial charge is 0.354 e. The van der Waals surface area contributed by atoms with Crippen LogP contribution in [0.5, 0.6) is 0 Å². The lowest BCUT2D eigenvalue weighted by atomic mass is 10.1. The van der Waals surface area contributed by atoms with Gasteiger partial charge in [0.05, 0.1) is 5.69 Å². The Morgan fingerprint density at radius 2 is 1.59 bits per heavy atom. The van der Waals surface area contributed by atoms with Crippen LogP contribution in [0.15, 0.2) is 36.4 Å². The molecule has 0 aromatic heterocycles. The minimum Gasteiger partial charge on any atom is -0.354 e. The summed E-state index contributed by atoms with van der Waals surface area (Å²) in [4.78, 5) is 50.3. The van der Waals surface area contributed by atoms with E-state index in [0.29, 0.717) is 42.5 Å². The smallest absolute Gasteiger partial charge is 0.258 e. The molecule has 0 bridgehead atoms. The number of nitrogens with zero attached hydrogens (tertiary/aromatic N) is 1. The molecule has 0 aliphatic carbocycles. The third kappa shape index (κ3) is 8.27. The highest BCUT2D eigenvalue weighted by molar-refractivity contribution is 7.99. The summed E-state index contributed by atoms with van der Waals surface area (Å²) in [6.45, 7) is 7.38. The van der Waals surface area contributed by atoms with E-state index in [1.54, 1.807) is 0 Å². The van der Waals surface area contributed by atoms with Crippen molar-refractivity contribution in [1.29, 1.82) is 0 Å². The number of benzene rings is 1. The molecule has 0 saturated heterocycles. The molecule has 1 unspecified atom stereocenters. The van der Waals surface area contributed by atoms with Crippen molar-refractivity contribution in [2.45, 2.75) is 45.9 Å². The number of carbonyl (C=O) groups is 4. The van der Waals surface area contributed by atoms with Gasteiger partial charge in [-0.15, -0.1) is 0 Å². The summed E-state index contributed by atoms with van der Waals surface area (Å²) in [7, 11) is 0. The van der Waals surface area contributed by atoms with E-state index in [1.165, 1.54) is 48.2 Å². The van der Waals surface area contributed by atoms with Gasteiger partial charge in [-0.05, 0) is 44.5 Å². The molecule has 1 aromatic rings. The van der Waals surface area contributed by atoms with Crippen LogP contribution < -0.4 is 15.5 Å². The van der Waals surface area contributed by atoms with Crippen LogP contribution in [0, 0.1) is 0 Å². The van der Waals surface area contributed by atoms with E-state index in [1.807, 2.05) is 20.8 Å². The minimum atomic E-state index is -0.746. The molecule has 1 aliphatic rings. The van der Waals surface area contributed by atoms with Crippen molar-refractivity contribution in [3.05, 3.63) is 42.0 Å². The van der Waals surface area contributed by atoms with Crippen molar-refractivity contribution < 1.29 is 28.7 Å². The van der Waals surface area contributed by atoms with Crippen LogP contribution in [-0.4, -0.2) is 67.2 Å². The zero-order valence-electron chi connectivity index (χ0n) is 19.9. The van der Waals surface area contributed by atoms with E-state index >= 15 is 0 Å². The first-order valence-electron chi connectivity index (χ1n) is 11.5. The number of nitrogens with one attached hydrogen (secondary N) is 2. The van der Waals surface area contributed by atoms with Crippen LogP contribution in [-0.2, 0) is 23.9 Å². The van der Waals surface area contributed by atoms with E-state index in [4.69, 9.17) is 9.47 Å². The van der Waals surface area contributed by atoms with E-state index < -0.39 is 23.8 Å². The molecule has 10 heteroatoms. The number of hydrogen-bond acceptors (Lipinski definition) is 7. The molecule has 34 heavy (non-hydrogen) atoms. The maximum Gasteiger partial charge on any atom is 0.258 e. The monoisotopic (exact) mass is 491 g/mol. The Bertz CT molecular complexity index is 850. The Morgan fingerprint density at radius 1 is 0.971 bits per heavy atom.